The van der Waals surface area contributed by atoms with Crippen molar-refractivity contribution in [3.05, 3.63) is 76.7 Å². The second-order valence-electron chi connectivity index (χ2n) is 6.88. The van der Waals surface area contributed by atoms with E-state index in [4.69, 9.17) is 11.6 Å². The second-order valence-corrected chi connectivity index (χ2v) is 7.32. The Bertz CT molecular complexity index is 1140. The highest BCUT2D eigenvalue weighted by Gasteiger charge is 2.31. The molecule has 0 saturated carbocycles. The summed E-state index contributed by atoms with van der Waals surface area (Å²) in [7, 11) is 0. The molecule has 0 saturated heterocycles. The first kappa shape index (κ1) is 16.9. The molecule has 0 bridgehead atoms. The number of hydrogen-bond donors (Lipinski definition) is 1. The van der Waals surface area contributed by atoms with E-state index in [9.17, 15) is 4.79 Å². The van der Waals surface area contributed by atoms with Gasteiger partial charge in [-0.15, -0.1) is 5.10 Å². The van der Waals surface area contributed by atoms with E-state index in [1.807, 2.05) is 53.4 Å². The number of benzene rings is 2. The van der Waals surface area contributed by atoms with Crippen molar-refractivity contribution < 1.29 is 4.79 Å². The highest BCUT2D eigenvalue weighted by atomic mass is 35.5. The van der Waals surface area contributed by atoms with Crippen LogP contribution in [0.3, 0.4) is 0 Å². The van der Waals surface area contributed by atoms with Gasteiger partial charge in [0.25, 0.3) is 5.91 Å². The van der Waals surface area contributed by atoms with Gasteiger partial charge in [-0.05, 0) is 34.2 Å². The lowest BCUT2D eigenvalue weighted by Gasteiger charge is -2.30. The van der Waals surface area contributed by atoms with E-state index in [-0.39, 0.29) is 5.91 Å². The Balaban J connectivity index is 1.51. The molecule has 8 heteroatoms. The average Bonchev–Trinajstić information content (AvgIpc) is 3.36. The summed E-state index contributed by atoms with van der Waals surface area (Å²) < 4.78 is 1.51. The molecule has 0 aliphatic carbocycles. The van der Waals surface area contributed by atoms with Crippen LogP contribution < -0.4 is 0 Å². The number of tetrazole rings is 1. The molecular formula is C20H17ClN6O. The Morgan fingerprint density at radius 1 is 1.18 bits per heavy atom. The lowest BCUT2D eigenvalue weighted by atomic mass is 10.0. The first-order valence-electron chi connectivity index (χ1n) is 9.06. The molecule has 7 nitrogen and oxygen atoms in total. The van der Waals surface area contributed by atoms with Gasteiger partial charge < -0.3 is 9.88 Å². The van der Waals surface area contributed by atoms with Crippen molar-refractivity contribution in [1.29, 1.82) is 0 Å². The van der Waals surface area contributed by atoms with Crippen molar-refractivity contribution in [2.45, 2.75) is 19.0 Å². The van der Waals surface area contributed by atoms with E-state index in [0.29, 0.717) is 18.1 Å². The number of amides is 1. The number of halogens is 1. The normalized spacial score (nSPS) is 14.8. The van der Waals surface area contributed by atoms with E-state index >= 15 is 0 Å². The fourth-order valence-electron chi connectivity index (χ4n) is 3.88. The van der Waals surface area contributed by atoms with Crippen molar-refractivity contribution in [3.63, 3.8) is 0 Å². The summed E-state index contributed by atoms with van der Waals surface area (Å²) in [6, 6.07) is 14.8. The second kappa shape index (κ2) is 6.76. The maximum atomic E-state index is 13.5. The molecule has 0 radical (unpaired) electrons. The zero-order valence-electron chi connectivity index (χ0n) is 14.9. The summed E-state index contributed by atoms with van der Waals surface area (Å²) >= 11 is 6.20. The SMILES string of the molecule is O=C([C@@H](c1ccccc1)n1cnnn1)N1CCc2[nH]c3ccc(Cl)cc3c2C1. The van der Waals surface area contributed by atoms with Gasteiger partial charge in [0.05, 0.1) is 0 Å². The first-order valence-corrected chi connectivity index (χ1v) is 9.43. The number of nitrogens with one attached hydrogen (secondary N) is 1. The van der Waals surface area contributed by atoms with Crippen molar-refractivity contribution in [3.8, 4) is 0 Å². The van der Waals surface area contributed by atoms with Crippen LogP contribution in [-0.4, -0.2) is 42.5 Å². The van der Waals surface area contributed by atoms with Crippen LogP contribution in [-0.2, 0) is 17.8 Å². The van der Waals surface area contributed by atoms with Crippen LogP contribution in [0.15, 0.2) is 54.9 Å². The Morgan fingerprint density at radius 3 is 2.82 bits per heavy atom. The van der Waals surface area contributed by atoms with Crippen molar-refractivity contribution in [1.82, 2.24) is 30.1 Å². The van der Waals surface area contributed by atoms with Crippen molar-refractivity contribution in [2.75, 3.05) is 6.54 Å². The molecule has 3 heterocycles. The first-order chi connectivity index (χ1) is 13.7. The van der Waals surface area contributed by atoms with Crippen LogP contribution in [0.2, 0.25) is 5.02 Å². The van der Waals surface area contributed by atoms with Gasteiger partial charge in [0.15, 0.2) is 6.04 Å². The van der Waals surface area contributed by atoms with Gasteiger partial charge in [-0.25, -0.2) is 4.68 Å². The molecule has 2 aromatic carbocycles. The molecule has 2 aromatic heterocycles. The van der Waals surface area contributed by atoms with Gasteiger partial charge in [-0.3, -0.25) is 4.79 Å². The molecule has 0 fully saturated rings. The largest absolute Gasteiger partial charge is 0.358 e. The van der Waals surface area contributed by atoms with E-state index in [1.165, 1.54) is 16.7 Å². The summed E-state index contributed by atoms with van der Waals surface area (Å²) in [6.45, 7) is 1.16. The van der Waals surface area contributed by atoms with Crippen LogP contribution in [0.4, 0.5) is 0 Å². The van der Waals surface area contributed by atoms with Crippen LogP contribution >= 0.6 is 11.6 Å². The third kappa shape index (κ3) is 2.84. The summed E-state index contributed by atoms with van der Waals surface area (Å²) in [5.41, 5.74) is 4.19. The van der Waals surface area contributed by atoms with Crippen LogP contribution in [0.5, 0.6) is 0 Å². The van der Waals surface area contributed by atoms with E-state index in [0.717, 1.165) is 28.5 Å². The smallest absolute Gasteiger partial charge is 0.252 e. The molecule has 140 valence electrons. The Morgan fingerprint density at radius 2 is 2.04 bits per heavy atom. The Kier molecular flexibility index (Phi) is 4.09. The molecule has 1 amide bonds. The number of carbonyl (C=O) groups is 1. The number of fused-ring (bicyclic) bond motifs is 3. The molecule has 0 unspecified atom stereocenters. The fraction of sp³-hybridized carbons (Fsp3) is 0.200. The number of nitrogens with zero attached hydrogens (tertiary/aromatic N) is 5. The van der Waals surface area contributed by atoms with Gasteiger partial charge in [0.2, 0.25) is 0 Å². The number of carbonyl (C=O) groups excluding carboxylic acids is 1. The third-order valence-corrected chi connectivity index (χ3v) is 5.46. The molecule has 1 aliphatic rings. The van der Waals surface area contributed by atoms with E-state index < -0.39 is 6.04 Å². The molecule has 4 aromatic rings. The van der Waals surface area contributed by atoms with Gasteiger partial charge in [-0.1, -0.05) is 41.9 Å². The van der Waals surface area contributed by atoms with Crippen LogP contribution in [0, 0.1) is 0 Å². The minimum Gasteiger partial charge on any atom is -0.358 e. The molecule has 5 rings (SSSR count). The Hall–Kier alpha value is -3.19. The quantitative estimate of drug-likeness (QED) is 0.581. The third-order valence-electron chi connectivity index (χ3n) is 5.23. The highest BCUT2D eigenvalue weighted by molar-refractivity contribution is 6.31. The molecule has 1 atom stereocenters. The maximum Gasteiger partial charge on any atom is 0.252 e. The lowest BCUT2D eigenvalue weighted by molar-refractivity contribution is -0.134. The number of H-pyrrole nitrogens is 1. The average molecular weight is 393 g/mol. The molecule has 28 heavy (non-hydrogen) atoms. The maximum absolute atomic E-state index is 13.5. The molecule has 1 aliphatic heterocycles. The van der Waals surface area contributed by atoms with E-state index in [1.54, 1.807) is 0 Å². The van der Waals surface area contributed by atoms with Crippen LogP contribution in [0.1, 0.15) is 22.9 Å². The minimum absolute atomic E-state index is 0.0273. The van der Waals surface area contributed by atoms with Crippen molar-refractivity contribution >= 4 is 28.4 Å². The van der Waals surface area contributed by atoms with Gasteiger partial charge in [0, 0.05) is 46.7 Å². The van der Waals surface area contributed by atoms with Gasteiger partial charge >= 0.3 is 0 Å². The molecule has 0 spiro atoms. The number of aromatic nitrogens is 5. The molecule has 1 N–H and O–H groups in total. The summed E-state index contributed by atoms with van der Waals surface area (Å²) in [4.78, 5) is 18.8. The van der Waals surface area contributed by atoms with Crippen molar-refractivity contribution in [2.24, 2.45) is 0 Å². The summed E-state index contributed by atoms with van der Waals surface area (Å²) in [6.07, 6.45) is 2.25. The fourth-order valence-corrected chi connectivity index (χ4v) is 4.05. The summed E-state index contributed by atoms with van der Waals surface area (Å²) in [5, 5.41) is 13.2. The number of hydrogen-bond acceptors (Lipinski definition) is 4. The van der Waals surface area contributed by atoms with Gasteiger partial charge in [0.1, 0.15) is 6.33 Å². The van der Waals surface area contributed by atoms with Gasteiger partial charge in [-0.2, -0.15) is 0 Å². The number of aromatic amines is 1. The lowest BCUT2D eigenvalue weighted by Crippen LogP contribution is -2.41. The van der Waals surface area contributed by atoms with Crippen LogP contribution in [0.25, 0.3) is 10.9 Å². The zero-order valence-corrected chi connectivity index (χ0v) is 15.7. The minimum atomic E-state index is -0.591. The highest BCUT2D eigenvalue weighted by Crippen LogP contribution is 2.31. The topological polar surface area (TPSA) is 79.7 Å². The van der Waals surface area contributed by atoms with E-state index in [2.05, 4.69) is 20.5 Å². The predicted molar refractivity (Wildman–Crippen MR) is 105 cm³/mol. The zero-order chi connectivity index (χ0) is 19.1. The Labute approximate surface area is 165 Å². The predicted octanol–water partition coefficient (Wildman–Crippen LogP) is 2.98. The standard InChI is InChI=1S/C20H17ClN6O/c21-14-6-7-17-15(10-14)16-11-26(9-8-18(16)23-17)20(28)19(27-12-22-24-25-27)13-4-2-1-3-5-13/h1-7,10,12,19,23H,8-9,11H2/t19-/m1/s1. The molecular weight excluding hydrogens is 376 g/mol. The summed E-state index contributed by atoms with van der Waals surface area (Å²) in [5.74, 6) is -0.0273. The number of rotatable bonds is 3. The monoisotopic (exact) mass is 392 g/mol.